The predicted molar refractivity (Wildman–Crippen MR) is 173 cm³/mol. The van der Waals surface area contributed by atoms with Gasteiger partial charge in [0.15, 0.2) is 0 Å². The van der Waals surface area contributed by atoms with Crippen LogP contribution >= 0.6 is 0 Å². The van der Waals surface area contributed by atoms with E-state index < -0.39 is 18.4 Å². The number of fused-ring (bicyclic) bond motifs is 1. The van der Waals surface area contributed by atoms with Crippen molar-refractivity contribution in [3.63, 3.8) is 0 Å². The Hall–Kier alpha value is -2.08. The summed E-state index contributed by atoms with van der Waals surface area (Å²) >= 11 is -2.63. The van der Waals surface area contributed by atoms with E-state index in [1.807, 2.05) is 0 Å². The van der Waals surface area contributed by atoms with Gasteiger partial charge >= 0.3 is 249 Å². The molecular weight excluding hydrogens is 603 g/mol. The van der Waals surface area contributed by atoms with E-state index in [2.05, 4.69) is 81.2 Å². The zero-order valence-electron chi connectivity index (χ0n) is 26.3. The molecule has 0 spiro atoms. The van der Waals surface area contributed by atoms with Gasteiger partial charge in [0.25, 0.3) is 0 Å². The Bertz CT molecular complexity index is 1120. The van der Waals surface area contributed by atoms with Crippen molar-refractivity contribution in [2.45, 2.75) is 98.5 Å². The molecule has 0 amide bonds. The Morgan fingerprint density at radius 2 is 1.40 bits per heavy atom. The van der Waals surface area contributed by atoms with E-state index in [9.17, 15) is 0 Å². The summed E-state index contributed by atoms with van der Waals surface area (Å²) in [4.78, 5) is 0. The van der Waals surface area contributed by atoms with E-state index in [1.165, 1.54) is 68.5 Å². The molecule has 0 saturated heterocycles. The van der Waals surface area contributed by atoms with Crippen LogP contribution in [0.2, 0.25) is 13.3 Å². The second-order valence-corrected chi connectivity index (χ2v) is 24.7. The molecule has 4 nitrogen and oxygen atoms in total. The Labute approximate surface area is 248 Å². The molecule has 1 aliphatic rings. The summed E-state index contributed by atoms with van der Waals surface area (Å²) in [6.07, 6.45) is 13.0. The van der Waals surface area contributed by atoms with Crippen molar-refractivity contribution in [2.75, 3.05) is 21.3 Å². The van der Waals surface area contributed by atoms with E-state index in [-0.39, 0.29) is 5.60 Å². The van der Waals surface area contributed by atoms with Gasteiger partial charge in [0.05, 0.1) is 0 Å². The van der Waals surface area contributed by atoms with Gasteiger partial charge in [-0.1, -0.05) is 0 Å². The topological polar surface area (TPSA) is 36.9 Å². The van der Waals surface area contributed by atoms with Crippen molar-refractivity contribution in [1.82, 2.24) is 0 Å². The van der Waals surface area contributed by atoms with Crippen LogP contribution < -0.4 is 18.9 Å². The Morgan fingerprint density at radius 3 is 1.90 bits per heavy atom. The first-order valence-corrected chi connectivity index (χ1v) is 23.0. The van der Waals surface area contributed by atoms with Crippen molar-refractivity contribution in [3.8, 4) is 23.0 Å². The minimum atomic E-state index is -2.63. The molecule has 2 aromatic carbocycles. The Morgan fingerprint density at radius 1 is 0.825 bits per heavy atom. The second kappa shape index (κ2) is 15.2. The number of rotatable bonds is 16. The van der Waals surface area contributed by atoms with E-state index in [0.717, 1.165) is 17.7 Å². The average Bonchev–Trinajstić information content (AvgIpc) is 2.96. The van der Waals surface area contributed by atoms with Crippen LogP contribution in [0, 0.1) is 0 Å². The molecule has 0 fully saturated rings. The molecule has 0 atom stereocenters. The number of methoxy groups -OCH3 is 3. The third-order valence-corrected chi connectivity index (χ3v) is 22.4. The molecule has 220 valence electrons. The van der Waals surface area contributed by atoms with E-state index in [4.69, 9.17) is 18.9 Å². The molecule has 40 heavy (non-hydrogen) atoms. The Balaban J connectivity index is 2.18. The van der Waals surface area contributed by atoms with Crippen molar-refractivity contribution >= 4 is 30.0 Å². The molecule has 0 aliphatic carbocycles. The molecular formula is C35H52O4Sn. The minimum absolute atomic E-state index is 0.282. The average molecular weight is 656 g/mol. The summed E-state index contributed by atoms with van der Waals surface area (Å²) < 4.78 is 30.5. The van der Waals surface area contributed by atoms with Gasteiger partial charge in [0, 0.05) is 0 Å². The van der Waals surface area contributed by atoms with Gasteiger partial charge in [-0.15, -0.1) is 0 Å². The van der Waals surface area contributed by atoms with Gasteiger partial charge in [-0.3, -0.25) is 0 Å². The molecule has 3 rings (SSSR count). The quantitative estimate of drug-likeness (QED) is 0.169. The summed E-state index contributed by atoms with van der Waals surface area (Å²) in [7, 11) is 5.04. The molecule has 0 bridgehead atoms. The monoisotopic (exact) mass is 656 g/mol. The number of unbranched alkanes of at least 4 members (excludes halogenated alkanes) is 3. The fraction of sp³-hybridized carbons (Fsp3) is 0.543. The van der Waals surface area contributed by atoms with Crippen LogP contribution in [0.25, 0.3) is 11.6 Å². The van der Waals surface area contributed by atoms with Crippen molar-refractivity contribution in [2.24, 2.45) is 0 Å². The Kier molecular flexibility index (Phi) is 12.4. The van der Waals surface area contributed by atoms with Gasteiger partial charge in [-0.05, 0) is 0 Å². The number of hydrogen-bond acceptors (Lipinski definition) is 4. The second-order valence-electron chi connectivity index (χ2n) is 11.8. The van der Waals surface area contributed by atoms with Crippen molar-refractivity contribution in [1.29, 1.82) is 0 Å². The third-order valence-electron chi connectivity index (χ3n) is 8.10. The van der Waals surface area contributed by atoms with Crippen LogP contribution in [0.3, 0.4) is 0 Å². The molecule has 1 aliphatic heterocycles. The summed E-state index contributed by atoms with van der Waals surface area (Å²) in [6, 6.07) is 11.0. The zero-order chi connectivity index (χ0) is 29.2. The fourth-order valence-corrected chi connectivity index (χ4v) is 21.1. The number of allylic oxidation sites excluding steroid dienone is 1. The van der Waals surface area contributed by atoms with Crippen LogP contribution in [-0.2, 0) is 6.42 Å². The summed E-state index contributed by atoms with van der Waals surface area (Å²) in [6.45, 7) is 11.2. The van der Waals surface area contributed by atoms with E-state index in [0.29, 0.717) is 17.2 Å². The first-order valence-electron chi connectivity index (χ1n) is 15.3. The van der Waals surface area contributed by atoms with Gasteiger partial charge in [-0.2, -0.15) is 0 Å². The molecule has 0 saturated carbocycles. The molecule has 2 aromatic rings. The van der Waals surface area contributed by atoms with Gasteiger partial charge in [0.1, 0.15) is 0 Å². The SMILES string of the molecule is CCC[CH2][Sn](/[CH]=C(\Cc1cc(OC)c(OC)c(OC)c1)c1ccc2c(c1)C=CC(C)(C)O2)([CH2]CCC)[CH2]CCC. The van der Waals surface area contributed by atoms with Crippen LogP contribution in [0.15, 0.2) is 40.5 Å². The number of ether oxygens (including phenoxy) is 4. The van der Waals surface area contributed by atoms with E-state index in [1.54, 1.807) is 21.3 Å². The van der Waals surface area contributed by atoms with Crippen LogP contribution in [-0.4, -0.2) is 45.3 Å². The molecule has 0 unspecified atom stereocenters. The summed E-state index contributed by atoms with van der Waals surface area (Å²) in [5, 5.41) is 0. The van der Waals surface area contributed by atoms with Gasteiger partial charge < -0.3 is 0 Å². The van der Waals surface area contributed by atoms with Crippen LogP contribution in [0.1, 0.15) is 89.8 Å². The van der Waals surface area contributed by atoms with Gasteiger partial charge in [0.2, 0.25) is 0 Å². The molecule has 0 aromatic heterocycles. The van der Waals surface area contributed by atoms with Crippen molar-refractivity contribution < 1.29 is 18.9 Å². The van der Waals surface area contributed by atoms with E-state index >= 15 is 0 Å². The third kappa shape index (κ3) is 8.47. The zero-order valence-corrected chi connectivity index (χ0v) is 29.2. The molecule has 1 heterocycles. The standard InChI is InChI=1S/C23H25O4.3C4H9.Sn/c1-15(11-16-12-20(24-4)22(26-6)21(13-16)25-5)17-7-8-19-18(14-17)9-10-23(2,3)27-19;3*1-3-4-2;/h1,7-10,12-14H,11H2,2-6H3;3*1,3-4H2,2H3;. The normalized spacial score (nSPS) is 14.4. The van der Waals surface area contributed by atoms with Crippen LogP contribution in [0.4, 0.5) is 0 Å². The van der Waals surface area contributed by atoms with Gasteiger partial charge in [-0.25, -0.2) is 0 Å². The summed E-state index contributed by atoms with van der Waals surface area (Å²) in [5.41, 5.74) is 4.78. The number of benzene rings is 2. The first-order chi connectivity index (χ1) is 19.2. The van der Waals surface area contributed by atoms with Crippen molar-refractivity contribution in [3.05, 3.63) is 57.2 Å². The molecule has 5 heteroatoms. The molecule has 0 radical (unpaired) electrons. The maximum absolute atomic E-state index is 6.28. The van der Waals surface area contributed by atoms with Crippen LogP contribution in [0.5, 0.6) is 23.0 Å². The fourth-order valence-electron chi connectivity index (χ4n) is 5.82. The number of hydrogen-bond donors (Lipinski definition) is 0. The first kappa shape index (κ1) is 32.4. The summed E-state index contributed by atoms with van der Waals surface area (Å²) in [5.74, 6) is 3.01. The maximum atomic E-state index is 6.28. The predicted octanol–water partition coefficient (Wildman–Crippen LogP) is 9.91. The molecule has 0 N–H and O–H groups in total.